The van der Waals surface area contributed by atoms with Crippen LogP contribution < -0.4 is 15.4 Å². The molecule has 10 nitrogen and oxygen atoms in total. The summed E-state index contributed by atoms with van der Waals surface area (Å²) in [5, 5.41) is 20.9. The van der Waals surface area contributed by atoms with Crippen LogP contribution in [0.15, 0.2) is 48.5 Å². The summed E-state index contributed by atoms with van der Waals surface area (Å²) in [6.45, 7) is 4.77. The zero-order chi connectivity index (χ0) is 29.4. The number of urea groups is 1. The average molecular weight is 572 g/mol. The number of ether oxygens (including phenoxy) is 1. The van der Waals surface area contributed by atoms with Crippen LogP contribution in [0.4, 0.5) is 19.4 Å². The average Bonchev–Trinajstić information content (AvgIpc) is 3.52. The SMILES string of the molecule is CCN1C[C@@H](NC(=O)Nc2c(C)c(OCCCC(=O)CCCO)nn2-c2ccccc2)[C@H](c2ccc(F)c(F)c2)O1. The third kappa shape index (κ3) is 7.66. The maximum absolute atomic E-state index is 14.0. The lowest BCUT2D eigenvalue weighted by Crippen LogP contribution is -2.42. The Morgan fingerprint density at radius 2 is 1.88 bits per heavy atom. The minimum atomic E-state index is -0.992. The molecule has 0 aliphatic carbocycles. The molecule has 2 heterocycles. The minimum absolute atomic E-state index is 0.0161. The molecule has 0 spiro atoms. The number of nitrogens with one attached hydrogen (secondary N) is 2. The Labute approximate surface area is 237 Å². The summed E-state index contributed by atoms with van der Waals surface area (Å²) in [6.07, 6.45) is 0.896. The number of nitrogens with zero attached hydrogens (tertiary/aromatic N) is 3. The third-order valence-corrected chi connectivity index (χ3v) is 6.73. The van der Waals surface area contributed by atoms with Crippen molar-refractivity contribution in [1.82, 2.24) is 20.2 Å². The molecule has 3 aromatic rings. The fourth-order valence-corrected chi connectivity index (χ4v) is 4.57. The second kappa shape index (κ2) is 14.2. The first-order valence-corrected chi connectivity index (χ1v) is 13.6. The van der Waals surface area contributed by atoms with Crippen molar-refractivity contribution in [1.29, 1.82) is 0 Å². The normalized spacial score (nSPS) is 17.0. The number of para-hydroxylation sites is 1. The number of ketones is 1. The van der Waals surface area contributed by atoms with Gasteiger partial charge in [0, 0.05) is 32.5 Å². The molecule has 2 aromatic carbocycles. The quantitative estimate of drug-likeness (QED) is 0.259. The van der Waals surface area contributed by atoms with Gasteiger partial charge in [-0.2, -0.15) is 5.06 Å². The van der Waals surface area contributed by atoms with E-state index in [0.717, 1.165) is 12.1 Å². The number of carbonyl (C=O) groups is 2. The molecule has 4 rings (SSSR count). The number of carbonyl (C=O) groups excluding carboxylic acids is 2. The van der Waals surface area contributed by atoms with Gasteiger partial charge in [-0.15, -0.1) is 5.10 Å². The lowest BCUT2D eigenvalue weighted by atomic mass is 10.0. The van der Waals surface area contributed by atoms with Crippen LogP contribution in [-0.2, 0) is 9.63 Å². The van der Waals surface area contributed by atoms with Crippen molar-refractivity contribution in [3.63, 3.8) is 0 Å². The molecular weight excluding hydrogens is 536 g/mol. The maximum Gasteiger partial charge on any atom is 0.320 e. The molecule has 2 amide bonds. The summed E-state index contributed by atoms with van der Waals surface area (Å²) < 4.78 is 34.9. The van der Waals surface area contributed by atoms with Crippen molar-refractivity contribution in [3.8, 4) is 11.6 Å². The largest absolute Gasteiger partial charge is 0.476 e. The van der Waals surface area contributed by atoms with Crippen molar-refractivity contribution in [2.45, 2.75) is 51.7 Å². The molecule has 41 heavy (non-hydrogen) atoms. The van der Waals surface area contributed by atoms with Crippen LogP contribution in [0.25, 0.3) is 5.69 Å². The van der Waals surface area contributed by atoms with Gasteiger partial charge in [-0.3, -0.25) is 14.9 Å². The van der Waals surface area contributed by atoms with Gasteiger partial charge in [0.05, 0.1) is 23.9 Å². The number of halogens is 2. The predicted molar refractivity (Wildman–Crippen MR) is 148 cm³/mol. The van der Waals surface area contributed by atoms with Crippen molar-refractivity contribution in [2.24, 2.45) is 0 Å². The summed E-state index contributed by atoms with van der Waals surface area (Å²) in [5.41, 5.74) is 1.69. The van der Waals surface area contributed by atoms with E-state index < -0.39 is 29.8 Å². The van der Waals surface area contributed by atoms with E-state index in [0.29, 0.717) is 67.3 Å². The zero-order valence-electron chi connectivity index (χ0n) is 23.1. The number of hydrogen-bond donors (Lipinski definition) is 3. The summed E-state index contributed by atoms with van der Waals surface area (Å²) >= 11 is 0. The van der Waals surface area contributed by atoms with E-state index in [1.807, 2.05) is 37.3 Å². The molecule has 2 atom stereocenters. The van der Waals surface area contributed by atoms with E-state index in [9.17, 15) is 18.4 Å². The van der Waals surface area contributed by atoms with Crippen LogP contribution in [0.1, 0.15) is 49.8 Å². The number of aliphatic hydroxyl groups excluding tert-OH is 1. The van der Waals surface area contributed by atoms with Gasteiger partial charge < -0.3 is 15.2 Å². The van der Waals surface area contributed by atoms with Gasteiger partial charge in [-0.25, -0.2) is 18.3 Å². The molecule has 0 bridgehead atoms. The highest BCUT2D eigenvalue weighted by molar-refractivity contribution is 5.90. The summed E-state index contributed by atoms with van der Waals surface area (Å²) in [4.78, 5) is 31.0. The van der Waals surface area contributed by atoms with Gasteiger partial charge >= 0.3 is 6.03 Å². The third-order valence-electron chi connectivity index (χ3n) is 6.73. The molecule has 1 aromatic heterocycles. The second-order valence-electron chi connectivity index (χ2n) is 9.73. The van der Waals surface area contributed by atoms with Gasteiger partial charge in [0.15, 0.2) is 11.6 Å². The summed E-state index contributed by atoms with van der Waals surface area (Å²) in [7, 11) is 0. The predicted octanol–water partition coefficient (Wildman–Crippen LogP) is 4.46. The first-order valence-electron chi connectivity index (χ1n) is 13.6. The molecule has 3 N–H and O–H groups in total. The van der Waals surface area contributed by atoms with E-state index in [-0.39, 0.29) is 19.0 Å². The highest BCUT2D eigenvalue weighted by Gasteiger charge is 2.36. The number of likely N-dealkylation sites (N-methyl/N-ethyl adjacent to an activating group) is 1. The number of hydrogen-bond acceptors (Lipinski definition) is 7. The fourth-order valence-electron chi connectivity index (χ4n) is 4.57. The zero-order valence-corrected chi connectivity index (χ0v) is 23.1. The second-order valence-corrected chi connectivity index (χ2v) is 9.73. The Balaban J connectivity index is 1.48. The maximum atomic E-state index is 14.0. The number of aromatic nitrogens is 2. The summed E-state index contributed by atoms with van der Waals surface area (Å²) in [5.74, 6) is -1.19. The van der Waals surface area contributed by atoms with Crippen LogP contribution in [0.2, 0.25) is 0 Å². The van der Waals surface area contributed by atoms with Crippen molar-refractivity contribution in [2.75, 3.05) is 31.6 Å². The molecule has 1 aliphatic heterocycles. The number of anilines is 1. The number of hydroxylamine groups is 2. The van der Waals surface area contributed by atoms with E-state index in [2.05, 4.69) is 15.7 Å². The molecule has 1 fully saturated rings. The first-order chi connectivity index (χ1) is 19.8. The van der Waals surface area contributed by atoms with Crippen LogP contribution >= 0.6 is 0 Å². The fraction of sp³-hybridized carbons (Fsp3) is 0.414. The molecule has 12 heteroatoms. The Kier molecular flexibility index (Phi) is 10.4. The van der Waals surface area contributed by atoms with Gasteiger partial charge in [0.1, 0.15) is 17.7 Å². The van der Waals surface area contributed by atoms with Gasteiger partial charge in [-0.1, -0.05) is 31.2 Å². The topological polar surface area (TPSA) is 118 Å². The highest BCUT2D eigenvalue weighted by Crippen LogP contribution is 2.31. The molecule has 220 valence electrons. The van der Waals surface area contributed by atoms with E-state index in [4.69, 9.17) is 14.7 Å². The standard InChI is InChI=1S/C29H35F2N5O5/c1-3-35-18-25(26(41-35)20-13-14-23(30)24(31)17-20)32-29(39)33-27-19(2)28(34-36(27)21-9-5-4-6-10-21)40-16-8-12-22(38)11-7-15-37/h4-6,9-10,13-14,17,25-26,37H,3,7-8,11-12,15-16,18H2,1-2H3,(H2,32,33,39)/t25-,26+/m1/s1. The monoisotopic (exact) mass is 571 g/mol. The number of Topliss-reactive ketones (excluding diaryl/α,β-unsaturated/α-hetero) is 1. The number of amides is 2. The van der Waals surface area contributed by atoms with E-state index in [1.54, 1.807) is 16.7 Å². The van der Waals surface area contributed by atoms with E-state index >= 15 is 0 Å². The van der Waals surface area contributed by atoms with Gasteiger partial charge in [0.2, 0.25) is 5.88 Å². The van der Waals surface area contributed by atoms with Crippen LogP contribution in [-0.4, -0.2) is 64.1 Å². The molecule has 1 aliphatic rings. The first kappa shape index (κ1) is 30.1. The Bertz CT molecular complexity index is 1340. The molecule has 0 saturated carbocycles. The van der Waals surface area contributed by atoms with Crippen molar-refractivity contribution in [3.05, 3.63) is 71.3 Å². The number of rotatable bonds is 13. The lowest BCUT2D eigenvalue weighted by molar-refractivity contribution is -0.144. The number of aliphatic hydroxyl groups is 1. The van der Waals surface area contributed by atoms with Crippen molar-refractivity contribution < 1.29 is 33.1 Å². The molecule has 1 saturated heterocycles. The molecule has 0 unspecified atom stereocenters. The van der Waals surface area contributed by atoms with Crippen LogP contribution in [0.3, 0.4) is 0 Å². The van der Waals surface area contributed by atoms with Gasteiger partial charge in [0.25, 0.3) is 0 Å². The molecule has 0 radical (unpaired) electrons. The number of benzene rings is 2. The van der Waals surface area contributed by atoms with Gasteiger partial charge in [-0.05, 0) is 49.6 Å². The Morgan fingerprint density at radius 3 is 2.59 bits per heavy atom. The lowest BCUT2D eigenvalue weighted by Gasteiger charge is -2.19. The van der Waals surface area contributed by atoms with Crippen LogP contribution in [0.5, 0.6) is 5.88 Å². The van der Waals surface area contributed by atoms with E-state index in [1.165, 1.54) is 6.07 Å². The van der Waals surface area contributed by atoms with Crippen molar-refractivity contribution >= 4 is 17.6 Å². The van der Waals surface area contributed by atoms with Crippen LogP contribution in [0, 0.1) is 18.6 Å². The Morgan fingerprint density at radius 1 is 1.12 bits per heavy atom. The smallest absolute Gasteiger partial charge is 0.320 e. The summed E-state index contributed by atoms with van der Waals surface area (Å²) in [6, 6.07) is 11.7. The molecular formula is C29H35F2N5O5. The highest BCUT2D eigenvalue weighted by atomic mass is 19.2. The minimum Gasteiger partial charge on any atom is -0.476 e. The Hall–Kier alpha value is -3.87.